The van der Waals surface area contributed by atoms with Crippen molar-refractivity contribution in [3.05, 3.63) is 77.2 Å². The van der Waals surface area contributed by atoms with Gasteiger partial charge in [0, 0.05) is 12.1 Å². The summed E-state index contributed by atoms with van der Waals surface area (Å²) in [7, 11) is 0. The second-order valence-corrected chi connectivity index (χ2v) is 6.14. The number of benzene rings is 2. The van der Waals surface area contributed by atoms with Crippen molar-refractivity contribution >= 4 is 5.91 Å². The van der Waals surface area contributed by atoms with Crippen LogP contribution in [-0.2, 0) is 6.54 Å². The molecule has 1 heterocycles. The van der Waals surface area contributed by atoms with Crippen molar-refractivity contribution in [1.29, 1.82) is 0 Å². The summed E-state index contributed by atoms with van der Waals surface area (Å²) in [5.41, 5.74) is 3.31. The highest BCUT2D eigenvalue weighted by molar-refractivity contribution is 5.93. The standard InChI is InChI=1S/C22H20N2O2/c1-4-14-24(15-18-12-10-16(2)11-13-18)22(25)20-17(3)26-21(23-20)19-8-6-5-7-9-19/h1,5-13H,14-15H2,2-3H3. The molecule has 0 saturated carbocycles. The van der Waals surface area contributed by atoms with Gasteiger partial charge in [-0.05, 0) is 31.5 Å². The molecule has 0 aliphatic rings. The molecule has 26 heavy (non-hydrogen) atoms. The van der Waals surface area contributed by atoms with Crippen LogP contribution in [0.3, 0.4) is 0 Å². The maximum absolute atomic E-state index is 13.0. The third kappa shape index (κ3) is 3.84. The zero-order valence-electron chi connectivity index (χ0n) is 14.9. The highest BCUT2D eigenvalue weighted by atomic mass is 16.4. The van der Waals surface area contributed by atoms with Gasteiger partial charge in [0.1, 0.15) is 5.76 Å². The van der Waals surface area contributed by atoms with Crippen LogP contribution in [0.2, 0.25) is 0 Å². The Morgan fingerprint density at radius 1 is 1.12 bits per heavy atom. The Labute approximate surface area is 153 Å². The van der Waals surface area contributed by atoms with E-state index in [1.165, 1.54) is 5.56 Å². The van der Waals surface area contributed by atoms with Gasteiger partial charge in [0.05, 0.1) is 6.54 Å². The normalized spacial score (nSPS) is 10.3. The van der Waals surface area contributed by atoms with Crippen molar-refractivity contribution in [1.82, 2.24) is 9.88 Å². The summed E-state index contributed by atoms with van der Waals surface area (Å²) < 4.78 is 5.71. The number of rotatable bonds is 5. The second kappa shape index (κ2) is 7.71. The predicted molar refractivity (Wildman–Crippen MR) is 101 cm³/mol. The zero-order chi connectivity index (χ0) is 18.5. The van der Waals surface area contributed by atoms with Gasteiger partial charge in [-0.25, -0.2) is 4.98 Å². The Bertz CT molecular complexity index is 935. The van der Waals surface area contributed by atoms with E-state index < -0.39 is 0 Å². The topological polar surface area (TPSA) is 46.3 Å². The SMILES string of the molecule is C#CCN(Cc1ccc(C)cc1)C(=O)c1nc(-c2ccccc2)oc1C. The van der Waals surface area contributed by atoms with Crippen molar-refractivity contribution in [3.63, 3.8) is 0 Å². The number of hydrogen-bond acceptors (Lipinski definition) is 3. The van der Waals surface area contributed by atoms with Crippen molar-refractivity contribution in [2.45, 2.75) is 20.4 Å². The fourth-order valence-corrected chi connectivity index (χ4v) is 2.67. The van der Waals surface area contributed by atoms with Gasteiger partial charge in [-0.3, -0.25) is 4.79 Å². The minimum absolute atomic E-state index is 0.208. The zero-order valence-corrected chi connectivity index (χ0v) is 14.9. The molecule has 4 nitrogen and oxygen atoms in total. The van der Waals surface area contributed by atoms with Crippen molar-refractivity contribution < 1.29 is 9.21 Å². The lowest BCUT2D eigenvalue weighted by molar-refractivity contribution is 0.0759. The van der Waals surface area contributed by atoms with Gasteiger partial charge in [0.15, 0.2) is 5.69 Å². The summed E-state index contributed by atoms with van der Waals surface area (Å²) in [4.78, 5) is 19.0. The second-order valence-electron chi connectivity index (χ2n) is 6.14. The molecule has 1 amide bonds. The lowest BCUT2D eigenvalue weighted by atomic mass is 10.1. The van der Waals surface area contributed by atoms with Crippen molar-refractivity contribution in [3.8, 4) is 23.8 Å². The fraction of sp³-hybridized carbons (Fsp3) is 0.182. The first-order chi connectivity index (χ1) is 12.6. The Balaban J connectivity index is 1.86. The van der Waals surface area contributed by atoms with Crippen LogP contribution in [-0.4, -0.2) is 22.3 Å². The first-order valence-electron chi connectivity index (χ1n) is 8.39. The first kappa shape index (κ1) is 17.5. The summed E-state index contributed by atoms with van der Waals surface area (Å²) in [6, 6.07) is 17.5. The van der Waals surface area contributed by atoms with Crippen molar-refractivity contribution in [2.75, 3.05) is 6.54 Å². The van der Waals surface area contributed by atoms with Crippen LogP contribution in [0.15, 0.2) is 59.0 Å². The number of terminal acetylenes is 1. The van der Waals surface area contributed by atoms with Gasteiger partial charge in [-0.1, -0.05) is 53.9 Å². The maximum Gasteiger partial charge on any atom is 0.277 e. The van der Waals surface area contributed by atoms with Crippen LogP contribution < -0.4 is 0 Å². The minimum atomic E-state index is -0.230. The molecule has 2 aromatic carbocycles. The highest BCUT2D eigenvalue weighted by Crippen LogP contribution is 2.22. The molecule has 0 bridgehead atoms. The lowest BCUT2D eigenvalue weighted by Crippen LogP contribution is -2.31. The van der Waals surface area contributed by atoms with Crippen LogP contribution in [0.4, 0.5) is 0 Å². The summed E-state index contributed by atoms with van der Waals surface area (Å²) in [5, 5.41) is 0. The summed E-state index contributed by atoms with van der Waals surface area (Å²) in [6.45, 7) is 4.40. The summed E-state index contributed by atoms with van der Waals surface area (Å²) in [6.07, 6.45) is 5.47. The van der Waals surface area contributed by atoms with Gasteiger partial charge in [0.2, 0.25) is 5.89 Å². The smallest absolute Gasteiger partial charge is 0.277 e. The maximum atomic E-state index is 13.0. The van der Waals surface area contributed by atoms with E-state index in [4.69, 9.17) is 10.8 Å². The number of amides is 1. The number of carbonyl (C=O) groups excluding carboxylic acids is 1. The molecular formula is C22H20N2O2. The van der Waals surface area contributed by atoms with E-state index in [-0.39, 0.29) is 12.5 Å². The monoisotopic (exact) mass is 344 g/mol. The molecule has 0 spiro atoms. The van der Waals surface area contributed by atoms with E-state index in [1.54, 1.807) is 11.8 Å². The van der Waals surface area contributed by atoms with E-state index in [0.29, 0.717) is 23.9 Å². The number of oxazole rings is 1. The van der Waals surface area contributed by atoms with Crippen LogP contribution in [0.5, 0.6) is 0 Å². The number of nitrogens with zero attached hydrogens (tertiary/aromatic N) is 2. The molecule has 0 saturated heterocycles. The average molecular weight is 344 g/mol. The average Bonchev–Trinajstić information content (AvgIpc) is 3.05. The van der Waals surface area contributed by atoms with E-state index in [0.717, 1.165) is 11.1 Å². The third-order valence-corrected chi connectivity index (χ3v) is 4.08. The number of carbonyl (C=O) groups is 1. The quantitative estimate of drug-likeness (QED) is 0.651. The number of aromatic nitrogens is 1. The van der Waals surface area contributed by atoms with Gasteiger partial charge in [-0.2, -0.15) is 0 Å². The Morgan fingerprint density at radius 2 is 1.81 bits per heavy atom. The van der Waals surface area contributed by atoms with E-state index in [9.17, 15) is 4.79 Å². The van der Waals surface area contributed by atoms with E-state index >= 15 is 0 Å². The van der Waals surface area contributed by atoms with Gasteiger partial charge in [-0.15, -0.1) is 6.42 Å². The molecule has 4 heteroatoms. The molecule has 3 aromatic rings. The first-order valence-corrected chi connectivity index (χ1v) is 8.39. The van der Waals surface area contributed by atoms with Gasteiger partial charge >= 0.3 is 0 Å². The number of aryl methyl sites for hydroxylation is 2. The van der Waals surface area contributed by atoms with Crippen LogP contribution in [0.1, 0.15) is 27.4 Å². The minimum Gasteiger partial charge on any atom is -0.441 e. The Kier molecular flexibility index (Phi) is 5.19. The fourth-order valence-electron chi connectivity index (χ4n) is 2.67. The van der Waals surface area contributed by atoms with Gasteiger partial charge in [0.25, 0.3) is 5.91 Å². The Morgan fingerprint density at radius 3 is 2.46 bits per heavy atom. The largest absolute Gasteiger partial charge is 0.441 e. The molecule has 1 aromatic heterocycles. The van der Waals surface area contributed by atoms with Gasteiger partial charge < -0.3 is 9.32 Å². The molecule has 130 valence electrons. The molecule has 0 fully saturated rings. The van der Waals surface area contributed by atoms with Crippen LogP contribution >= 0.6 is 0 Å². The Hall–Kier alpha value is -3.32. The molecular weight excluding hydrogens is 324 g/mol. The van der Waals surface area contributed by atoms with Crippen molar-refractivity contribution in [2.24, 2.45) is 0 Å². The highest BCUT2D eigenvalue weighted by Gasteiger charge is 2.23. The van der Waals surface area contributed by atoms with Crippen LogP contribution in [0, 0.1) is 26.2 Å². The van der Waals surface area contributed by atoms with E-state index in [1.807, 2.05) is 61.5 Å². The molecule has 0 N–H and O–H groups in total. The molecule has 3 rings (SSSR count). The summed E-state index contributed by atoms with van der Waals surface area (Å²) >= 11 is 0. The van der Waals surface area contributed by atoms with Crippen LogP contribution in [0.25, 0.3) is 11.5 Å². The number of hydrogen-bond donors (Lipinski definition) is 0. The molecule has 0 unspecified atom stereocenters. The molecule has 0 aliphatic heterocycles. The molecule has 0 aliphatic carbocycles. The lowest BCUT2D eigenvalue weighted by Gasteiger charge is -2.19. The van der Waals surface area contributed by atoms with E-state index in [2.05, 4.69) is 10.9 Å². The molecule has 0 atom stereocenters. The predicted octanol–water partition coefficient (Wildman–Crippen LogP) is 4.23. The summed E-state index contributed by atoms with van der Waals surface area (Å²) in [5.74, 6) is 3.24. The molecule has 0 radical (unpaired) electrons. The third-order valence-electron chi connectivity index (χ3n) is 4.08.